The van der Waals surface area contributed by atoms with Gasteiger partial charge in [-0.3, -0.25) is 4.79 Å². The van der Waals surface area contributed by atoms with Crippen molar-refractivity contribution in [2.24, 2.45) is 5.92 Å². The number of carbonyl (C=O) groups excluding carboxylic acids is 1. The largest absolute Gasteiger partial charge is 0.493 e. The Bertz CT molecular complexity index is 956. The summed E-state index contributed by atoms with van der Waals surface area (Å²) < 4.78 is 12.4. The van der Waals surface area contributed by atoms with Crippen LogP contribution in [-0.2, 0) is 6.42 Å². The number of halogens is 1. The van der Waals surface area contributed by atoms with Crippen molar-refractivity contribution >= 4 is 27.5 Å². The van der Waals surface area contributed by atoms with Gasteiger partial charge in [-0.1, -0.05) is 60.1 Å². The van der Waals surface area contributed by atoms with Crippen LogP contribution in [0.4, 0.5) is 5.69 Å². The highest BCUT2D eigenvalue weighted by molar-refractivity contribution is 9.10. The molecule has 0 atom stereocenters. The number of hydrogen-bond donors (Lipinski definition) is 1. The van der Waals surface area contributed by atoms with Crippen LogP contribution in [0.5, 0.6) is 11.5 Å². The van der Waals surface area contributed by atoms with E-state index in [1.54, 1.807) is 6.07 Å². The van der Waals surface area contributed by atoms with E-state index in [1.165, 1.54) is 5.56 Å². The van der Waals surface area contributed by atoms with Gasteiger partial charge in [0.1, 0.15) is 11.5 Å². The van der Waals surface area contributed by atoms with Crippen molar-refractivity contribution in [1.82, 2.24) is 0 Å². The van der Waals surface area contributed by atoms with Gasteiger partial charge < -0.3 is 14.8 Å². The van der Waals surface area contributed by atoms with Crippen molar-refractivity contribution in [3.05, 3.63) is 88.4 Å². The highest BCUT2D eigenvalue weighted by Gasteiger charge is 2.14. The van der Waals surface area contributed by atoms with E-state index < -0.39 is 0 Å². The fourth-order valence-electron chi connectivity index (χ4n) is 2.82. The monoisotopic (exact) mass is 467 g/mol. The number of anilines is 1. The van der Waals surface area contributed by atoms with Gasteiger partial charge in [0.2, 0.25) is 0 Å². The molecule has 3 aromatic carbocycles. The van der Waals surface area contributed by atoms with E-state index in [4.69, 9.17) is 9.47 Å². The van der Waals surface area contributed by atoms with E-state index in [2.05, 4.69) is 47.2 Å². The Morgan fingerprint density at radius 2 is 1.70 bits per heavy atom. The third-order valence-electron chi connectivity index (χ3n) is 4.37. The molecule has 0 heterocycles. The van der Waals surface area contributed by atoms with Crippen LogP contribution in [0.3, 0.4) is 0 Å². The smallest absolute Gasteiger partial charge is 0.259 e. The summed E-state index contributed by atoms with van der Waals surface area (Å²) >= 11 is 3.44. The zero-order valence-electron chi connectivity index (χ0n) is 17.2. The Morgan fingerprint density at radius 1 is 0.967 bits per heavy atom. The van der Waals surface area contributed by atoms with Crippen LogP contribution in [0.15, 0.2) is 77.3 Å². The molecule has 3 rings (SSSR count). The summed E-state index contributed by atoms with van der Waals surface area (Å²) in [4.78, 5) is 12.9. The first-order valence-electron chi connectivity index (χ1n) is 10.0. The second-order valence-electron chi connectivity index (χ2n) is 7.41. The molecule has 0 bridgehead atoms. The van der Waals surface area contributed by atoms with Crippen molar-refractivity contribution in [3.63, 3.8) is 0 Å². The third kappa shape index (κ3) is 6.63. The van der Waals surface area contributed by atoms with Crippen LogP contribution in [0.25, 0.3) is 0 Å². The Balaban J connectivity index is 1.64. The molecule has 0 aliphatic carbocycles. The molecule has 30 heavy (non-hydrogen) atoms. The average Bonchev–Trinajstić information content (AvgIpc) is 2.75. The molecule has 0 radical (unpaired) electrons. The second-order valence-corrected chi connectivity index (χ2v) is 8.32. The van der Waals surface area contributed by atoms with Gasteiger partial charge >= 0.3 is 0 Å². The maximum atomic E-state index is 12.9. The molecule has 0 aliphatic rings. The average molecular weight is 468 g/mol. The minimum atomic E-state index is -0.221. The lowest BCUT2D eigenvalue weighted by molar-refractivity contribution is 0.102. The quantitative estimate of drug-likeness (QED) is 0.398. The normalized spacial score (nSPS) is 10.7. The number of hydrogen-bond acceptors (Lipinski definition) is 3. The molecule has 0 fully saturated rings. The summed E-state index contributed by atoms with van der Waals surface area (Å²) in [5.41, 5.74) is 2.38. The van der Waals surface area contributed by atoms with Crippen molar-refractivity contribution in [2.75, 3.05) is 18.5 Å². The molecular weight excluding hydrogens is 442 g/mol. The first kappa shape index (κ1) is 21.9. The van der Waals surface area contributed by atoms with Gasteiger partial charge in [0.25, 0.3) is 5.91 Å². The summed E-state index contributed by atoms with van der Waals surface area (Å²) in [5.74, 6) is 1.58. The van der Waals surface area contributed by atoms with Gasteiger partial charge in [-0.05, 0) is 53.9 Å². The number of nitrogens with one attached hydrogen (secondary N) is 1. The first-order chi connectivity index (χ1) is 14.5. The minimum Gasteiger partial charge on any atom is -0.493 e. The Labute approximate surface area is 186 Å². The van der Waals surface area contributed by atoms with Gasteiger partial charge in [0.15, 0.2) is 0 Å². The van der Waals surface area contributed by atoms with Crippen molar-refractivity contribution < 1.29 is 14.3 Å². The van der Waals surface area contributed by atoms with Crippen LogP contribution in [0.2, 0.25) is 0 Å². The summed E-state index contributed by atoms with van der Waals surface area (Å²) in [6.07, 6.45) is 0.774. The molecule has 0 aromatic heterocycles. The third-order valence-corrected chi connectivity index (χ3v) is 4.87. The van der Waals surface area contributed by atoms with Crippen LogP contribution < -0.4 is 14.8 Å². The topological polar surface area (TPSA) is 47.6 Å². The second kappa shape index (κ2) is 10.8. The molecular formula is C25H26BrNO3. The number of benzene rings is 3. The summed E-state index contributed by atoms with van der Waals surface area (Å²) in [6.45, 7) is 5.36. The number of ether oxygens (including phenoxy) is 2. The molecule has 0 saturated heterocycles. The van der Waals surface area contributed by atoms with Gasteiger partial charge in [-0.2, -0.15) is 0 Å². The Kier molecular flexibility index (Phi) is 7.91. The Hall–Kier alpha value is -2.79. The van der Waals surface area contributed by atoms with E-state index in [1.807, 2.05) is 54.6 Å². The molecule has 0 spiro atoms. The van der Waals surface area contributed by atoms with E-state index in [0.717, 1.165) is 16.6 Å². The molecule has 4 nitrogen and oxygen atoms in total. The van der Waals surface area contributed by atoms with Crippen LogP contribution in [-0.4, -0.2) is 19.1 Å². The molecule has 0 saturated carbocycles. The molecule has 0 unspecified atom stereocenters. The molecule has 1 amide bonds. The fraction of sp³-hybridized carbons (Fsp3) is 0.240. The predicted molar refractivity (Wildman–Crippen MR) is 125 cm³/mol. The standard InChI is InChI=1S/C25H26BrNO3/c1-18(2)17-30-22-11-9-21(10-12-22)27-25(28)23-16-20(26)8-13-24(23)29-15-14-19-6-4-3-5-7-19/h3-13,16,18H,14-15,17H2,1-2H3,(H,27,28). The SMILES string of the molecule is CC(C)COc1ccc(NC(=O)c2cc(Br)ccc2OCCc2ccccc2)cc1. The van der Waals surface area contributed by atoms with Gasteiger partial charge in [-0.25, -0.2) is 0 Å². The van der Waals surface area contributed by atoms with Gasteiger partial charge in [0.05, 0.1) is 18.8 Å². The van der Waals surface area contributed by atoms with E-state index >= 15 is 0 Å². The van der Waals surface area contributed by atoms with Crippen LogP contribution in [0.1, 0.15) is 29.8 Å². The van der Waals surface area contributed by atoms with Crippen molar-refractivity contribution in [3.8, 4) is 11.5 Å². The maximum absolute atomic E-state index is 12.9. The van der Waals surface area contributed by atoms with Crippen LogP contribution >= 0.6 is 15.9 Å². The fourth-order valence-corrected chi connectivity index (χ4v) is 3.19. The lowest BCUT2D eigenvalue weighted by Crippen LogP contribution is -2.14. The number of amides is 1. The van der Waals surface area contributed by atoms with E-state index in [0.29, 0.717) is 36.1 Å². The van der Waals surface area contributed by atoms with Crippen molar-refractivity contribution in [1.29, 1.82) is 0 Å². The predicted octanol–water partition coefficient (Wildman–Crippen LogP) is 6.36. The van der Waals surface area contributed by atoms with Crippen molar-refractivity contribution in [2.45, 2.75) is 20.3 Å². The minimum absolute atomic E-state index is 0.221. The molecule has 5 heteroatoms. The van der Waals surface area contributed by atoms with E-state index in [9.17, 15) is 4.79 Å². The molecule has 3 aromatic rings. The molecule has 1 N–H and O–H groups in total. The highest BCUT2D eigenvalue weighted by Crippen LogP contribution is 2.25. The lowest BCUT2D eigenvalue weighted by Gasteiger charge is -2.13. The zero-order chi connectivity index (χ0) is 21.3. The van der Waals surface area contributed by atoms with Crippen LogP contribution in [0, 0.1) is 5.92 Å². The molecule has 0 aliphatic heterocycles. The van der Waals surface area contributed by atoms with E-state index in [-0.39, 0.29) is 5.91 Å². The number of rotatable bonds is 9. The summed E-state index contributed by atoms with van der Waals surface area (Å²) in [5, 5.41) is 2.93. The maximum Gasteiger partial charge on any atom is 0.259 e. The first-order valence-corrected chi connectivity index (χ1v) is 10.8. The van der Waals surface area contributed by atoms with Gasteiger partial charge in [0, 0.05) is 16.6 Å². The molecule has 156 valence electrons. The van der Waals surface area contributed by atoms with Gasteiger partial charge in [-0.15, -0.1) is 0 Å². The highest BCUT2D eigenvalue weighted by atomic mass is 79.9. The lowest BCUT2D eigenvalue weighted by atomic mass is 10.1. The number of carbonyl (C=O) groups is 1. The Morgan fingerprint density at radius 3 is 2.40 bits per heavy atom. The zero-order valence-corrected chi connectivity index (χ0v) is 18.8. The summed E-state index contributed by atoms with van der Waals surface area (Å²) in [7, 11) is 0. The summed E-state index contributed by atoms with van der Waals surface area (Å²) in [6, 6.07) is 23.0.